The van der Waals surface area contributed by atoms with Gasteiger partial charge in [-0.2, -0.15) is 0 Å². The standard InChI is InChI=1S/C19H24N2O2/c22-19(14-8-11-23-12-9-14)21-10-4-3-7-18(21)17-13-15-5-1-2-6-16(15)20-17/h1-2,5-6,13-14,18,20H,3-4,7-12H2. The van der Waals surface area contributed by atoms with Crippen molar-refractivity contribution in [1.29, 1.82) is 0 Å². The summed E-state index contributed by atoms with van der Waals surface area (Å²) in [6.07, 6.45) is 5.11. The van der Waals surface area contributed by atoms with Gasteiger partial charge in [-0.1, -0.05) is 18.2 Å². The minimum atomic E-state index is 0.147. The highest BCUT2D eigenvalue weighted by Crippen LogP contribution is 2.34. The number of amides is 1. The number of fused-ring (bicyclic) bond motifs is 1. The molecule has 23 heavy (non-hydrogen) atoms. The summed E-state index contributed by atoms with van der Waals surface area (Å²) in [5, 5.41) is 1.23. The van der Waals surface area contributed by atoms with E-state index in [2.05, 4.69) is 40.2 Å². The van der Waals surface area contributed by atoms with Crippen LogP contribution in [0.1, 0.15) is 43.8 Å². The van der Waals surface area contributed by atoms with Crippen LogP contribution in [0.15, 0.2) is 30.3 Å². The Morgan fingerprint density at radius 3 is 2.78 bits per heavy atom. The lowest BCUT2D eigenvalue weighted by molar-refractivity contribution is -0.142. The summed E-state index contributed by atoms with van der Waals surface area (Å²) in [7, 11) is 0. The van der Waals surface area contributed by atoms with Crippen LogP contribution in [0.5, 0.6) is 0 Å². The SMILES string of the molecule is O=C(C1CCOCC1)N1CCCCC1c1cc2ccccc2[nH]1. The number of nitrogens with one attached hydrogen (secondary N) is 1. The number of hydrogen-bond acceptors (Lipinski definition) is 2. The van der Waals surface area contributed by atoms with Crippen LogP contribution in [0, 0.1) is 5.92 Å². The summed E-state index contributed by atoms with van der Waals surface area (Å²) >= 11 is 0. The molecule has 4 rings (SSSR count). The molecule has 2 aliphatic heterocycles. The van der Waals surface area contributed by atoms with E-state index in [1.54, 1.807) is 0 Å². The van der Waals surface area contributed by atoms with E-state index in [-0.39, 0.29) is 12.0 Å². The fourth-order valence-corrected chi connectivity index (χ4v) is 3.97. The van der Waals surface area contributed by atoms with Crippen molar-refractivity contribution in [3.05, 3.63) is 36.0 Å². The molecule has 1 atom stereocenters. The molecule has 1 aromatic carbocycles. The first-order chi connectivity index (χ1) is 11.3. The number of ether oxygens (including phenoxy) is 1. The minimum absolute atomic E-state index is 0.147. The largest absolute Gasteiger partial charge is 0.381 e. The maximum Gasteiger partial charge on any atom is 0.226 e. The number of likely N-dealkylation sites (tertiary alicyclic amines) is 1. The second kappa shape index (κ2) is 6.36. The maximum atomic E-state index is 13.0. The molecule has 3 heterocycles. The van der Waals surface area contributed by atoms with E-state index in [0.29, 0.717) is 5.91 Å². The Hall–Kier alpha value is -1.81. The van der Waals surface area contributed by atoms with Crippen molar-refractivity contribution in [3.63, 3.8) is 0 Å². The molecule has 0 aliphatic carbocycles. The van der Waals surface area contributed by atoms with Crippen LogP contribution in [0.25, 0.3) is 10.9 Å². The number of aromatic amines is 1. The van der Waals surface area contributed by atoms with E-state index in [9.17, 15) is 4.79 Å². The summed E-state index contributed by atoms with van der Waals surface area (Å²) in [5.41, 5.74) is 2.35. The number of hydrogen-bond donors (Lipinski definition) is 1. The zero-order valence-corrected chi connectivity index (χ0v) is 13.5. The van der Waals surface area contributed by atoms with Gasteiger partial charge >= 0.3 is 0 Å². The van der Waals surface area contributed by atoms with Crippen molar-refractivity contribution >= 4 is 16.8 Å². The first kappa shape index (κ1) is 14.8. The molecule has 0 radical (unpaired) electrons. The Balaban J connectivity index is 1.60. The quantitative estimate of drug-likeness (QED) is 0.920. The molecular formula is C19H24N2O2. The third-order valence-electron chi connectivity index (χ3n) is 5.27. The number of nitrogens with zero attached hydrogens (tertiary/aromatic N) is 1. The zero-order chi connectivity index (χ0) is 15.6. The van der Waals surface area contributed by atoms with Crippen molar-refractivity contribution in [2.75, 3.05) is 19.8 Å². The summed E-state index contributed by atoms with van der Waals surface area (Å²) in [4.78, 5) is 18.7. The molecule has 0 spiro atoms. The molecule has 0 saturated carbocycles. The van der Waals surface area contributed by atoms with Gasteiger partial charge in [0, 0.05) is 36.9 Å². The van der Waals surface area contributed by atoms with Gasteiger partial charge in [0.2, 0.25) is 5.91 Å². The van der Waals surface area contributed by atoms with Gasteiger partial charge in [0.1, 0.15) is 0 Å². The molecule has 4 heteroatoms. The summed E-state index contributed by atoms with van der Waals surface area (Å²) in [6.45, 7) is 2.33. The monoisotopic (exact) mass is 312 g/mol. The van der Waals surface area contributed by atoms with Crippen LogP contribution in [0.2, 0.25) is 0 Å². The lowest BCUT2D eigenvalue weighted by Gasteiger charge is -2.38. The molecule has 0 bridgehead atoms. The van der Waals surface area contributed by atoms with Crippen LogP contribution >= 0.6 is 0 Å². The molecule has 4 nitrogen and oxygen atoms in total. The number of H-pyrrole nitrogens is 1. The Kier molecular flexibility index (Phi) is 4.08. The van der Waals surface area contributed by atoms with Crippen molar-refractivity contribution in [2.24, 2.45) is 5.92 Å². The van der Waals surface area contributed by atoms with Gasteiger partial charge in [0.25, 0.3) is 0 Å². The molecule has 122 valence electrons. The van der Waals surface area contributed by atoms with Crippen LogP contribution in [0.3, 0.4) is 0 Å². The number of para-hydroxylation sites is 1. The van der Waals surface area contributed by atoms with Gasteiger partial charge < -0.3 is 14.6 Å². The van der Waals surface area contributed by atoms with E-state index in [0.717, 1.165) is 51.0 Å². The number of carbonyl (C=O) groups is 1. The van der Waals surface area contributed by atoms with Crippen LogP contribution in [-0.2, 0) is 9.53 Å². The minimum Gasteiger partial charge on any atom is -0.381 e. The Labute approximate surface area is 136 Å². The van der Waals surface area contributed by atoms with E-state index < -0.39 is 0 Å². The molecule has 1 unspecified atom stereocenters. The molecular weight excluding hydrogens is 288 g/mol. The lowest BCUT2D eigenvalue weighted by atomic mass is 9.93. The molecule has 1 amide bonds. The average Bonchev–Trinajstić information content (AvgIpc) is 3.06. The lowest BCUT2D eigenvalue weighted by Crippen LogP contribution is -2.43. The van der Waals surface area contributed by atoms with Crippen LogP contribution < -0.4 is 0 Å². The first-order valence-electron chi connectivity index (χ1n) is 8.79. The third-order valence-corrected chi connectivity index (χ3v) is 5.27. The fourth-order valence-electron chi connectivity index (χ4n) is 3.97. The van der Waals surface area contributed by atoms with Crippen molar-refractivity contribution in [1.82, 2.24) is 9.88 Å². The van der Waals surface area contributed by atoms with Gasteiger partial charge in [0.05, 0.1) is 6.04 Å². The molecule has 2 fully saturated rings. The van der Waals surface area contributed by atoms with Gasteiger partial charge in [-0.25, -0.2) is 0 Å². The predicted molar refractivity (Wildman–Crippen MR) is 90.1 cm³/mol. The molecule has 2 saturated heterocycles. The molecule has 2 aliphatic rings. The molecule has 2 aromatic rings. The maximum absolute atomic E-state index is 13.0. The second-order valence-corrected chi connectivity index (χ2v) is 6.74. The van der Waals surface area contributed by atoms with E-state index in [4.69, 9.17) is 4.74 Å². The van der Waals surface area contributed by atoms with Crippen LogP contribution in [0.4, 0.5) is 0 Å². The third kappa shape index (κ3) is 2.88. The molecule has 1 N–H and O–H groups in total. The smallest absolute Gasteiger partial charge is 0.226 e. The van der Waals surface area contributed by atoms with Crippen molar-refractivity contribution < 1.29 is 9.53 Å². The summed E-state index contributed by atoms with van der Waals surface area (Å²) < 4.78 is 5.41. The van der Waals surface area contributed by atoms with Gasteiger partial charge in [0.15, 0.2) is 0 Å². The summed E-state index contributed by atoms with van der Waals surface area (Å²) in [6, 6.07) is 10.8. The fraction of sp³-hybridized carbons (Fsp3) is 0.526. The van der Waals surface area contributed by atoms with Gasteiger partial charge in [-0.3, -0.25) is 4.79 Å². The van der Waals surface area contributed by atoms with Gasteiger partial charge in [-0.05, 0) is 49.6 Å². The topological polar surface area (TPSA) is 45.3 Å². The number of aromatic nitrogens is 1. The summed E-state index contributed by atoms with van der Waals surface area (Å²) in [5.74, 6) is 0.477. The number of rotatable bonds is 2. The number of piperidine rings is 1. The Morgan fingerprint density at radius 2 is 1.96 bits per heavy atom. The van der Waals surface area contributed by atoms with Crippen LogP contribution in [-0.4, -0.2) is 35.5 Å². The van der Waals surface area contributed by atoms with E-state index in [1.165, 1.54) is 17.5 Å². The van der Waals surface area contributed by atoms with Crippen molar-refractivity contribution in [2.45, 2.75) is 38.1 Å². The highest BCUT2D eigenvalue weighted by molar-refractivity contribution is 5.82. The van der Waals surface area contributed by atoms with E-state index >= 15 is 0 Å². The van der Waals surface area contributed by atoms with Gasteiger partial charge in [-0.15, -0.1) is 0 Å². The Morgan fingerprint density at radius 1 is 1.13 bits per heavy atom. The normalized spacial score (nSPS) is 23.3. The predicted octanol–water partition coefficient (Wildman–Crippen LogP) is 3.65. The highest BCUT2D eigenvalue weighted by atomic mass is 16.5. The Bertz CT molecular complexity index is 654. The number of carbonyl (C=O) groups excluding carboxylic acids is 1. The first-order valence-corrected chi connectivity index (χ1v) is 8.79. The highest BCUT2D eigenvalue weighted by Gasteiger charge is 2.33. The molecule has 1 aromatic heterocycles. The van der Waals surface area contributed by atoms with E-state index in [1.807, 2.05) is 0 Å². The van der Waals surface area contributed by atoms with Crippen molar-refractivity contribution in [3.8, 4) is 0 Å². The zero-order valence-electron chi connectivity index (χ0n) is 13.5. The average molecular weight is 312 g/mol. The second-order valence-electron chi connectivity index (χ2n) is 6.74. The number of benzene rings is 1.